The topological polar surface area (TPSA) is 52.0 Å². The summed E-state index contributed by atoms with van der Waals surface area (Å²) in [5.41, 5.74) is 1.27. The third-order valence-corrected chi connectivity index (χ3v) is 5.65. The van der Waals surface area contributed by atoms with Crippen molar-refractivity contribution in [2.45, 2.75) is 59.4 Å². The van der Waals surface area contributed by atoms with E-state index in [4.69, 9.17) is 4.98 Å². The van der Waals surface area contributed by atoms with Gasteiger partial charge in [-0.2, -0.15) is 0 Å². The lowest BCUT2D eigenvalue weighted by molar-refractivity contribution is -0.117. The molecule has 0 aromatic carbocycles. The SMILES string of the molecule is CCc1nc2sc3c(c2c(=O)n1CCC(C)=O)CCC(C)C3. The molecule has 5 heteroatoms. The van der Waals surface area contributed by atoms with Gasteiger partial charge in [0, 0.05) is 24.3 Å². The molecule has 2 aromatic rings. The highest BCUT2D eigenvalue weighted by atomic mass is 32.1. The number of hydrogen-bond acceptors (Lipinski definition) is 4. The highest BCUT2D eigenvalue weighted by Gasteiger charge is 2.24. The molecule has 1 aliphatic rings. The Morgan fingerprint density at radius 3 is 2.91 bits per heavy atom. The predicted molar refractivity (Wildman–Crippen MR) is 89.7 cm³/mol. The van der Waals surface area contributed by atoms with Gasteiger partial charge in [-0.05, 0) is 37.7 Å². The summed E-state index contributed by atoms with van der Waals surface area (Å²) in [7, 11) is 0. The average Bonchev–Trinajstić information content (AvgIpc) is 2.82. The van der Waals surface area contributed by atoms with Gasteiger partial charge in [0.05, 0.1) is 5.39 Å². The number of carbonyl (C=O) groups excluding carboxylic acids is 1. The summed E-state index contributed by atoms with van der Waals surface area (Å²) < 4.78 is 1.72. The first-order valence-electron chi connectivity index (χ1n) is 8.04. The highest BCUT2D eigenvalue weighted by molar-refractivity contribution is 7.18. The molecule has 0 radical (unpaired) electrons. The number of aromatic nitrogens is 2. The highest BCUT2D eigenvalue weighted by Crippen LogP contribution is 2.35. The maximum absolute atomic E-state index is 13.0. The molecule has 0 spiro atoms. The first kappa shape index (κ1) is 15.4. The minimum atomic E-state index is 0.0511. The van der Waals surface area contributed by atoms with E-state index in [-0.39, 0.29) is 11.3 Å². The van der Waals surface area contributed by atoms with E-state index in [0.29, 0.717) is 25.3 Å². The second-order valence-electron chi connectivity index (χ2n) is 6.32. The normalized spacial score (nSPS) is 17.7. The molecule has 0 N–H and O–H groups in total. The van der Waals surface area contributed by atoms with Crippen LogP contribution in [0, 0.1) is 5.92 Å². The van der Waals surface area contributed by atoms with Crippen molar-refractivity contribution in [2.24, 2.45) is 5.92 Å². The van der Waals surface area contributed by atoms with Crippen LogP contribution in [0.2, 0.25) is 0 Å². The molecular weight excluding hydrogens is 296 g/mol. The molecule has 0 aliphatic heterocycles. The van der Waals surface area contributed by atoms with Crippen molar-refractivity contribution < 1.29 is 4.79 Å². The molecule has 1 atom stereocenters. The monoisotopic (exact) mass is 318 g/mol. The Hall–Kier alpha value is -1.49. The molecule has 0 amide bonds. The summed E-state index contributed by atoms with van der Waals surface area (Å²) in [5, 5.41) is 0.813. The molecule has 0 saturated carbocycles. The third kappa shape index (κ3) is 2.62. The molecule has 118 valence electrons. The van der Waals surface area contributed by atoms with E-state index in [9.17, 15) is 9.59 Å². The quantitative estimate of drug-likeness (QED) is 0.870. The maximum atomic E-state index is 13.0. The van der Waals surface area contributed by atoms with E-state index >= 15 is 0 Å². The van der Waals surface area contributed by atoms with Crippen LogP contribution in [0.15, 0.2) is 4.79 Å². The average molecular weight is 318 g/mol. The summed E-state index contributed by atoms with van der Waals surface area (Å²) in [6, 6.07) is 0. The molecule has 2 heterocycles. The molecule has 0 saturated heterocycles. The van der Waals surface area contributed by atoms with E-state index < -0.39 is 0 Å². The van der Waals surface area contributed by atoms with E-state index in [1.54, 1.807) is 22.8 Å². The molecule has 22 heavy (non-hydrogen) atoms. The number of aryl methyl sites for hydroxylation is 2. The molecule has 0 fully saturated rings. The zero-order valence-electron chi connectivity index (χ0n) is 13.4. The van der Waals surface area contributed by atoms with Crippen molar-refractivity contribution in [1.29, 1.82) is 0 Å². The van der Waals surface area contributed by atoms with Crippen molar-refractivity contribution in [1.82, 2.24) is 9.55 Å². The second-order valence-corrected chi connectivity index (χ2v) is 7.41. The van der Waals surface area contributed by atoms with Crippen molar-refractivity contribution in [3.63, 3.8) is 0 Å². The number of carbonyl (C=O) groups is 1. The fourth-order valence-electron chi connectivity index (χ4n) is 3.24. The number of ketones is 1. The molecule has 1 unspecified atom stereocenters. The van der Waals surface area contributed by atoms with Gasteiger partial charge in [0.2, 0.25) is 0 Å². The number of thiophene rings is 1. The fraction of sp³-hybridized carbons (Fsp3) is 0.588. The van der Waals surface area contributed by atoms with Crippen molar-refractivity contribution >= 4 is 27.3 Å². The largest absolute Gasteiger partial charge is 0.300 e. The van der Waals surface area contributed by atoms with Gasteiger partial charge in [0.15, 0.2) is 0 Å². The van der Waals surface area contributed by atoms with E-state index in [0.717, 1.165) is 35.3 Å². The Bertz CT molecular complexity index is 788. The number of Topliss-reactive ketones (excluding diaryl/α,β-unsaturated/α-hetero) is 1. The summed E-state index contributed by atoms with van der Waals surface area (Å²) >= 11 is 1.69. The number of hydrogen-bond donors (Lipinski definition) is 0. The molecule has 0 bridgehead atoms. The molecule has 1 aliphatic carbocycles. The number of rotatable bonds is 4. The van der Waals surface area contributed by atoms with Crippen molar-refractivity contribution in [3.05, 3.63) is 26.6 Å². The smallest absolute Gasteiger partial charge is 0.262 e. The van der Waals surface area contributed by atoms with Gasteiger partial charge in [0.1, 0.15) is 16.4 Å². The fourth-order valence-corrected chi connectivity index (χ4v) is 4.63. The van der Waals surface area contributed by atoms with Crippen LogP contribution in [0.5, 0.6) is 0 Å². The van der Waals surface area contributed by atoms with Gasteiger partial charge < -0.3 is 0 Å². The molecule has 4 nitrogen and oxygen atoms in total. The predicted octanol–water partition coefficient (Wildman–Crippen LogP) is 3.12. The maximum Gasteiger partial charge on any atom is 0.262 e. The number of nitrogens with zero attached hydrogens (tertiary/aromatic N) is 2. The van der Waals surface area contributed by atoms with Gasteiger partial charge >= 0.3 is 0 Å². The third-order valence-electron chi connectivity index (χ3n) is 4.50. The zero-order chi connectivity index (χ0) is 15.9. The van der Waals surface area contributed by atoms with Crippen LogP contribution in [-0.2, 0) is 30.6 Å². The van der Waals surface area contributed by atoms with Crippen LogP contribution in [-0.4, -0.2) is 15.3 Å². The second kappa shape index (κ2) is 5.95. The van der Waals surface area contributed by atoms with Gasteiger partial charge in [-0.1, -0.05) is 13.8 Å². The van der Waals surface area contributed by atoms with Crippen LogP contribution in [0.4, 0.5) is 0 Å². The molecular formula is C17H22N2O2S. The first-order valence-corrected chi connectivity index (χ1v) is 8.86. The minimum absolute atomic E-state index is 0.0511. The first-order chi connectivity index (χ1) is 10.5. The summed E-state index contributed by atoms with van der Waals surface area (Å²) in [4.78, 5) is 31.2. The Kier molecular flexibility index (Phi) is 4.17. The minimum Gasteiger partial charge on any atom is -0.300 e. The van der Waals surface area contributed by atoms with Gasteiger partial charge in [-0.25, -0.2) is 4.98 Å². The van der Waals surface area contributed by atoms with Crippen LogP contribution >= 0.6 is 11.3 Å². The summed E-state index contributed by atoms with van der Waals surface area (Å²) in [6.07, 6.45) is 4.28. The Labute approximate surface area is 134 Å². The van der Waals surface area contributed by atoms with Crippen molar-refractivity contribution in [3.8, 4) is 0 Å². The van der Waals surface area contributed by atoms with Crippen molar-refractivity contribution in [2.75, 3.05) is 0 Å². The van der Waals surface area contributed by atoms with Crippen LogP contribution in [0.1, 0.15) is 49.9 Å². The number of fused-ring (bicyclic) bond motifs is 3. The molecule has 3 rings (SSSR count). The Balaban J connectivity index is 2.17. The zero-order valence-corrected chi connectivity index (χ0v) is 14.3. The van der Waals surface area contributed by atoms with E-state index in [1.165, 1.54) is 10.4 Å². The Morgan fingerprint density at radius 1 is 1.45 bits per heavy atom. The summed E-state index contributed by atoms with van der Waals surface area (Å²) in [6.45, 7) is 6.29. The lowest BCUT2D eigenvalue weighted by Gasteiger charge is -2.17. The van der Waals surface area contributed by atoms with Gasteiger partial charge in [0.25, 0.3) is 5.56 Å². The standard InChI is InChI=1S/C17H22N2O2S/c1-4-14-18-16-15(17(21)19(14)8-7-11(3)20)12-6-5-10(2)9-13(12)22-16/h10H,4-9H2,1-3H3. The molecule has 2 aromatic heterocycles. The van der Waals surface area contributed by atoms with Gasteiger partial charge in [-0.3, -0.25) is 14.2 Å². The van der Waals surface area contributed by atoms with Crippen LogP contribution < -0.4 is 5.56 Å². The van der Waals surface area contributed by atoms with Crippen LogP contribution in [0.3, 0.4) is 0 Å². The Morgan fingerprint density at radius 2 is 2.23 bits per heavy atom. The van der Waals surface area contributed by atoms with E-state index in [1.807, 2.05) is 6.92 Å². The lowest BCUT2D eigenvalue weighted by atomic mass is 9.89. The van der Waals surface area contributed by atoms with E-state index in [2.05, 4.69) is 6.92 Å². The van der Waals surface area contributed by atoms with Gasteiger partial charge in [-0.15, -0.1) is 11.3 Å². The summed E-state index contributed by atoms with van der Waals surface area (Å²) in [5.74, 6) is 1.59. The lowest BCUT2D eigenvalue weighted by Crippen LogP contribution is -2.26. The van der Waals surface area contributed by atoms with Crippen LogP contribution in [0.25, 0.3) is 10.2 Å².